The second-order valence-electron chi connectivity index (χ2n) is 9.73. The summed E-state index contributed by atoms with van der Waals surface area (Å²) in [6, 6.07) is 9.06. The zero-order valence-corrected chi connectivity index (χ0v) is 22.3. The summed E-state index contributed by atoms with van der Waals surface area (Å²) >= 11 is 0. The number of carbonyl (C=O) groups excluding carboxylic acids is 2. The lowest BCUT2D eigenvalue weighted by atomic mass is 10.0. The molecule has 214 valence electrons. The summed E-state index contributed by atoms with van der Waals surface area (Å²) < 4.78 is 64.5. The van der Waals surface area contributed by atoms with Gasteiger partial charge in [0.2, 0.25) is 0 Å². The molecule has 3 rings (SSSR count). The average molecular weight is 555 g/mol. The molecular weight excluding hydrogens is 520 g/mol. The molecule has 0 saturated heterocycles. The molecule has 39 heavy (non-hydrogen) atoms. The Hall–Kier alpha value is -3.38. The number of anilines is 2. The second-order valence-corrected chi connectivity index (χ2v) is 9.73. The van der Waals surface area contributed by atoms with Crippen molar-refractivity contribution < 1.29 is 36.6 Å². The molecule has 8 nitrogen and oxygen atoms in total. The fourth-order valence-corrected chi connectivity index (χ4v) is 4.36. The van der Waals surface area contributed by atoms with Gasteiger partial charge in [0, 0.05) is 45.5 Å². The molecule has 0 unspecified atom stereocenters. The van der Waals surface area contributed by atoms with Crippen molar-refractivity contribution in [2.24, 2.45) is 5.92 Å². The van der Waals surface area contributed by atoms with E-state index in [2.05, 4.69) is 10.6 Å². The van der Waals surface area contributed by atoms with Gasteiger partial charge in [-0.25, -0.2) is 9.18 Å². The zero-order valence-electron chi connectivity index (χ0n) is 22.3. The van der Waals surface area contributed by atoms with Crippen LogP contribution in [0, 0.1) is 11.7 Å². The number of halogens is 4. The van der Waals surface area contributed by atoms with Gasteiger partial charge in [-0.3, -0.25) is 9.69 Å². The minimum Gasteiger partial charge on any atom is -0.491 e. The summed E-state index contributed by atoms with van der Waals surface area (Å²) in [5.41, 5.74) is 0.402. The molecule has 0 aliphatic carbocycles. The number of urea groups is 1. The number of hydrogen-bond acceptors (Lipinski definition) is 5. The van der Waals surface area contributed by atoms with Crippen molar-refractivity contribution >= 4 is 23.3 Å². The van der Waals surface area contributed by atoms with Crippen molar-refractivity contribution in [3.63, 3.8) is 0 Å². The predicted molar refractivity (Wildman–Crippen MR) is 140 cm³/mol. The summed E-state index contributed by atoms with van der Waals surface area (Å²) in [6.07, 6.45) is -5.69. The Kier molecular flexibility index (Phi) is 10.1. The van der Waals surface area contributed by atoms with Gasteiger partial charge in [0.15, 0.2) is 0 Å². The Labute approximate surface area is 225 Å². The van der Waals surface area contributed by atoms with Crippen LogP contribution in [0.4, 0.5) is 33.7 Å². The molecule has 0 saturated carbocycles. The first-order valence-electron chi connectivity index (χ1n) is 12.6. The molecular formula is C27H34F4N4O4. The van der Waals surface area contributed by atoms with Crippen LogP contribution in [0.3, 0.4) is 0 Å². The monoisotopic (exact) mass is 554 g/mol. The first kappa shape index (κ1) is 30.2. The fraction of sp³-hybridized carbons (Fsp3) is 0.481. The standard InChI is InChI=1S/C27H34F4N4O4/c1-17-14-35(12-11-27(29,30)31)18(2)16-39-23-10-9-19(13-20(23)25(36)34(3)15-24(17)38-4)32-26(37)33-22-8-6-5-7-21(22)28/h5-10,13,17-18,24H,11-12,14-16H2,1-4H3,(H2,32,33,37)/t17-,18-,24-/m1/s1. The van der Waals surface area contributed by atoms with E-state index in [-0.39, 0.29) is 54.2 Å². The number of rotatable bonds is 5. The first-order chi connectivity index (χ1) is 18.4. The van der Waals surface area contributed by atoms with Crippen LogP contribution in [0.15, 0.2) is 42.5 Å². The SMILES string of the molecule is CO[C@@H]1CN(C)C(=O)c2cc(NC(=O)Nc3ccccc3F)ccc2OC[C@@H](C)N(CCC(F)(F)F)C[C@H]1C. The number of para-hydroxylation sites is 1. The summed E-state index contributed by atoms with van der Waals surface area (Å²) in [7, 11) is 3.09. The third kappa shape index (κ3) is 8.56. The quantitative estimate of drug-likeness (QED) is 0.495. The summed E-state index contributed by atoms with van der Waals surface area (Å²) in [4.78, 5) is 29.1. The van der Waals surface area contributed by atoms with Crippen LogP contribution in [-0.2, 0) is 4.74 Å². The average Bonchev–Trinajstić information content (AvgIpc) is 2.88. The molecule has 2 aromatic carbocycles. The molecule has 0 aromatic heterocycles. The highest BCUT2D eigenvalue weighted by Crippen LogP contribution is 2.27. The number of amides is 3. The Balaban J connectivity index is 1.86. The van der Waals surface area contributed by atoms with E-state index >= 15 is 0 Å². The summed E-state index contributed by atoms with van der Waals surface area (Å²) in [5.74, 6) is -0.956. The van der Waals surface area contributed by atoms with Crippen LogP contribution in [0.1, 0.15) is 30.6 Å². The molecule has 1 aliphatic heterocycles. The number of alkyl halides is 3. The third-order valence-corrected chi connectivity index (χ3v) is 6.64. The Morgan fingerprint density at radius 1 is 1.13 bits per heavy atom. The van der Waals surface area contributed by atoms with Gasteiger partial charge in [0.1, 0.15) is 18.2 Å². The van der Waals surface area contributed by atoms with Gasteiger partial charge >= 0.3 is 12.2 Å². The van der Waals surface area contributed by atoms with E-state index in [1.54, 1.807) is 24.9 Å². The predicted octanol–water partition coefficient (Wildman–Crippen LogP) is 5.23. The maximum Gasteiger partial charge on any atom is 0.390 e. The number of methoxy groups -OCH3 is 1. The van der Waals surface area contributed by atoms with Gasteiger partial charge in [0.05, 0.1) is 23.8 Å². The van der Waals surface area contributed by atoms with E-state index in [1.165, 1.54) is 48.4 Å². The maximum absolute atomic E-state index is 13.9. The van der Waals surface area contributed by atoms with Crippen molar-refractivity contribution in [1.29, 1.82) is 0 Å². The van der Waals surface area contributed by atoms with Gasteiger partial charge in [0.25, 0.3) is 5.91 Å². The van der Waals surface area contributed by atoms with Gasteiger partial charge < -0.3 is 25.0 Å². The molecule has 0 radical (unpaired) electrons. The van der Waals surface area contributed by atoms with Crippen molar-refractivity contribution in [2.75, 3.05) is 51.0 Å². The molecule has 3 atom stereocenters. The van der Waals surface area contributed by atoms with Crippen LogP contribution in [0.25, 0.3) is 0 Å². The molecule has 1 aliphatic rings. The van der Waals surface area contributed by atoms with Crippen molar-refractivity contribution in [3.8, 4) is 5.75 Å². The lowest BCUT2D eigenvalue weighted by Crippen LogP contribution is -2.47. The number of carbonyl (C=O) groups is 2. The molecule has 2 N–H and O–H groups in total. The molecule has 1 heterocycles. The smallest absolute Gasteiger partial charge is 0.390 e. The van der Waals surface area contributed by atoms with E-state index in [0.29, 0.717) is 6.54 Å². The van der Waals surface area contributed by atoms with Gasteiger partial charge in [-0.2, -0.15) is 13.2 Å². The summed E-state index contributed by atoms with van der Waals surface area (Å²) in [6.45, 7) is 3.99. The third-order valence-electron chi connectivity index (χ3n) is 6.64. The van der Waals surface area contributed by atoms with E-state index in [4.69, 9.17) is 9.47 Å². The van der Waals surface area contributed by atoms with Crippen LogP contribution >= 0.6 is 0 Å². The Morgan fingerprint density at radius 3 is 2.51 bits per heavy atom. The highest BCUT2D eigenvalue weighted by Gasteiger charge is 2.32. The number of likely N-dealkylation sites (N-methyl/N-ethyl adjacent to an activating group) is 1. The largest absolute Gasteiger partial charge is 0.491 e. The minimum atomic E-state index is -4.30. The first-order valence-corrected chi connectivity index (χ1v) is 12.6. The Bertz CT molecular complexity index is 1150. The van der Waals surface area contributed by atoms with E-state index in [9.17, 15) is 27.2 Å². The molecule has 3 amide bonds. The molecule has 0 spiro atoms. The maximum atomic E-state index is 13.9. The molecule has 0 bridgehead atoms. The van der Waals surface area contributed by atoms with Gasteiger partial charge in [-0.1, -0.05) is 19.1 Å². The highest BCUT2D eigenvalue weighted by atomic mass is 19.4. The van der Waals surface area contributed by atoms with E-state index in [1.807, 2.05) is 6.92 Å². The molecule has 12 heteroatoms. The normalized spacial score (nSPS) is 21.3. The molecule has 0 fully saturated rings. The van der Waals surface area contributed by atoms with E-state index in [0.717, 1.165) is 0 Å². The summed E-state index contributed by atoms with van der Waals surface area (Å²) in [5, 5.41) is 4.99. The number of fused-ring (bicyclic) bond motifs is 1. The van der Waals surface area contributed by atoms with E-state index < -0.39 is 36.6 Å². The van der Waals surface area contributed by atoms with Crippen molar-refractivity contribution in [1.82, 2.24) is 9.80 Å². The number of hydrogen-bond donors (Lipinski definition) is 2. The van der Waals surface area contributed by atoms with Crippen LogP contribution < -0.4 is 15.4 Å². The van der Waals surface area contributed by atoms with Crippen LogP contribution in [0.2, 0.25) is 0 Å². The zero-order chi connectivity index (χ0) is 28.7. The van der Waals surface area contributed by atoms with Crippen molar-refractivity contribution in [3.05, 3.63) is 53.8 Å². The number of benzene rings is 2. The second kappa shape index (κ2) is 13.1. The number of nitrogens with zero attached hydrogens (tertiary/aromatic N) is 2. The van der Waals surface area contributed by atoms with Crippen LogP contribution in [0.5, 0.6) is 5.75 Å². The lowest BCUT2D eigenvalue weighted by molar-refractivity contribution is -0.140. The van der Waals surface area contributed by atoms with Gasteiger partial charge in [-0.05, 0) is 43.2 Å². The molecule has 2 aromatic rings. The number of nitrogens with one attached hydrogen (secondary N) is 2. The fourth-order valence-electron chi connectivity index (χ4n) is 4.36. The number of ether oxygens (including phenoxy) is 2. The lowest BCUT2D eigenvalue weighted by Gasteiger charge is -2.36. The van der Waals surface area contributed by atoms with Crippen molar-refractivity contribution in [2.45, 2.75) is 38.6 Å². The topological polar surface area (TPSA) is 83.1 Å². The van der Waals surface area contributed by atoms with Gasteiger partial charge in [-0.15, -0.1) is 0 Å². The van der Waals surface area contributed by atoms with Crippen LogP contribution in [-0.4, -0.2) is 80.5 Å². The Morgan fingerprint density at radius 2 is 1.85 bits per heavy atom. The highest BCUT2D eigenvalue weighted by molar-refractivity contribution is 6.02. The minimum absolute atomic E-state index is 0.00997.